The molecule has 1 heterocycles. The van der Waals surface area contributed by atoms with Crippen LogP contribution in [0.3, 0.4) is 0 Å². The number of rotatable bonds is 6. The molecule has 1 aliphatic heterocycles. The van der Waals surface area contributed by atoms with Gasteiger partial charge in [0.1, 0.15) is 5.82 Å². The van der Waals surface area contributed by atoms with Crippen molar-refractivity contribution < 1.29 is 18.7 Å². The van der Waals surface area contributed by atoms with Gasteiger partial charge in [0.05, 0.1) is 19.1 Å². The molecule has 1 saturated heterocycles. The van der Waals surface area contributed by atoms with Crippen LogP contribution in [-0.4, -0.2) is 43.0 Å². The van der Waals surface area contributed by atoms with Crippen molar-refractivity contribution in [1.29, 1.82) is 0 Å². The Morgan fingerprint density at radius 2 is 1.91 bits per heavy atom. The van der Waals surface area contributed by atoms with Crippen molar-refractivity contribution in [2.45, 2.75) is 26.3 Å². The summed E-state index contributed by atoms with van der Waals surface area (Å²) in [6, 6.07) is 6.06. The van der Waals surface area contributed by atoms with Crippen molar-refractivity contribution in [1.82, 2.24) is 10.2 Å². The fourth-order valence-electron chi connectivity index (χ4n) is 2.65. The molecule has 0 saturated carbocycles. The van der Waals surface area contributed by atoms with Crippen LogP contribution in [0.2, 0.25) is 0 Å². The van der Waals surface area contributed by atoms with E-state index in [9.17, 15) is 14.0 Å². The van der Waals surface area contributed by atoms with Gasteiger partial charge in [-0.2, -0.15) is 0 Å². The van der Waals surface area contributed by atoms with E-state index in [1.165, 1.54) is 12.1 Å². The molecule has 1 aliphatic rings. The molecule has 1 aromatic rings. The summed E-state index contributed by atoms with van der Waals surface area (Å²) >= 11 is 0. The Hall–Kier alpha value is -1.95. The molecule has 1 fully saturated rings. The normalized spacial score (nSPS) is 16.1. The van der Waals surface area contributed by atoms with E-state index in [1.54, 1.807) is 19.1 Å². The molecule has 1 aromatic carbocycles. The number of carbonyl (C=O) groups excluding carboxylic acids is 2. The predicted octanol–water partition coefficient (Wildman–Crippen LogP) is 1.72. The Morgan fingerprint density at radius 3 is 2.52 bits per heavy atom. The standard InChI is InChI=1S/C17H23FN2O3/c1-2-23-17(22)14-7-9-20(10-8-14)12-16(21)19-11-13-3-5-15(18)6-4-13/h3-6,14H,2,7-12H2,1H3,(H,19,21). The van der Waals surface area contributed by atoms with Gasteiger partial charge in [-0.25, -0.2) is 4.39 Å². The van der Waals surface area contributed by atoms with Gasteiger partial charge in [0, 0.05) is 6.54 Å². The molecular formula is C17H23FN2O3. The molecule has 0 aromatic heterocycles. The van der Waals surface area contributed by atoms with Crippen LogP contribution in [0.25, 0.3) is 0 Å². The van der Waals surface area contributed by atoms with E-state index in [1.807, 2.05) is 4.90 Å². The lowest BCUT2D eigenvalue weighted by atomic mass is 9.97. The van der Waals surface area contributed by atoms with Gasteiger partial charge in [0.15, 0.2) is 0 Å². The Labute approximate surface area is 135 Å². The molecule has 0 unspecified atom stereocenters. The largest absolute Gasteiger partial charge is 0.466 e. The number of halogens is 1. The first-order valence-electron chi connectivity index (χ1n) is 7.98. The van der Waals surface area contributed by atoms with Crippen molar-refractivity contribution in [3.05, 3.63) is 35.6 Å². The van der Waals surface area contributed by atoms with Crippen molar-refractivity contribution in [3.63, 3.8) is 0 Å². The van der Waals surface area contributed by atoms with Crippen molar-refractivity contribution in [3.8, 4) is 0 Å². The van der Waals surface area contributed by atoms with Crippen molar-refractivity contribution in [2.24, 2.45) is 5.92 Å². The number of nitrogens with zero attached hydrogens (tertiary/aromatic N) is 1. The number of benzene rings is 1. The monoisotopic (exact) mass is 322 g/mol. The lowest BCUT2D eigenvalue weighted by Crippen LogP contribution is -2.42. The highest BCUT2D eigenvalue weighted by Crippen LogP contribution is 2.18. The van der Waals surface area contributed by atoms with Crippen LogP contribution in [0.4, 0.5) is 4.39 Å². The van der Waals surface area contributed by atoms with E-state index in [2.05, 4.69) is 5.32 Å². The Bertz CT molecular complexity index is 525. The van der Waals surface area contributed by atoms with Crippen molar-refractivity contribution >= 4 is 11.9 Å². The minimum Gasteiger partial charge on any atom is -0.466 e. The lowest BCUT2D eigenvalue weighted by molar-refractivity contribution is -0.149. The first kappa shape index (κ1) is 17.4. The van der Waals surface area contributed by atoms with E-state index in [-0.39, 0.29) is 23.6 Å². The topological polar surface area (TPSA) is 58.6 Å². The number of ether oxygens (including phenoxy) is 1. The highest BCUT2D eigenvalue weighted by molar-refractivity contribution is 5.78. The van der Waals surface area contributed by atoms with Gasteiger partial charge in [-0.3, -0.25) is 14.5 Å². The summed E-state index contributed by atoms with van der Waals surface area (Å²) < 4.78 is 17.8. The first-order valence-corrected chi connectivity index (χ1v) is 7.98. The van der Waals surface area contributed by atoms with Crippen LogP contribution in [0, 0.1) is 11.7 Å². The van der Waals surface area contributed by atoms with E-state index in [0.29, 0.717) is 32.8 Å². The number of piperidine rings is 1. The van der Waals surface area contributed by atoms with Crippen LogP contribution in [-0.2, 0) is 20.9 Å². The van der Waals surface area contributed by atoms with E-state index < -0.39 is 0 Å². The molecule has 0 spiro atoms. The summed E-state index contributed by atoms with van der Waals surface area (Å²) in [4.78, 5) is 25.7. The highest BCUT2D eigenvalue weighted by atomic mass is 19.1. The molecule has 1 amide bonds. The van der Waals surface area contributed by atoms with Crippen LogP contribution in [0.15, 0.2) is 24.3 Å². The van der Waals surface area contributed by atoms with Gasteiger partial charge in [-0.1, -0.05) is 12.1 Å². The molecular weight excluding hydrogens is 299 g/mol. The average Bonchev–Trinajstić information content (AvgIpc) is 2.55. The molecule has 0 radical (unpaired) electrons. The van der Waals surface area contributed by atoms with Crippen LogP contribution in [0.1, 0.15) is 25.3 Å². The van der Waals surface area contributed by atoms with Gasteiger partial charge in [0.2, 0.25) is 5.91 Å². The van der Waals surface area contributed by atoms with Gasteiger partial charge < -0.3 is 10.1 Å². The molecule has 2 rings (SSSR count). The number of esters is 1. The third-order valence-corrected chi connectivity index (χ3v) is 3.98. The second-order valence-electron chi connectivity index (χ2n) is 5.71. The fourth-order valence-corrected chi connectivity index (χ4v) is 2.65. The molecule has 5 nitrogen and oxygen atoms in total. The second kappa shape index (κ2) is 8.62. The van der Waals surface area contributed by atoms with E-state index in [0.717, 1.165) is 18.4 Å². The van der Waals surface area contributed by atoms with Crippen LogP contribution >= 0.6 is 0 Å². The number of amides is 1. The molecule has 0 bridgehead atoms. The van der Waals surface area contributed by atoms with Crippen molar-refractivity contribution in [2.75, 3.05) is 26.2 Å². The molecule has 0 atom stereocenters. The maximum absolute atomic E-state index is 12.8. The zero-order chi connectivity index (χ0) is 16.7. The SMILES string of the molecule is CCOC(=O)C1CCN(CC(=O)NCc2ccc(F)cc2)CC1. The Balaban J connectivity index is 1.68. The predicted molar refractivity (Wildman–Crippen MR) is 84.0 cm³/mol. The summed E-state index contributed by atoms with van der Waals surface area (Å²) in [6.45, 7) is 4.35. The van der Waals surface area contributed by atoms with E-state index >= 15 is 0 Å². The highest BCUT2D eigenvalue weighted by Gasteiger charge is 2.26. The van der Waals surface area contributed by atoms with Gasteiger partial charge in [-0.05, 0) is 50.6 Å². The molecule has 0 aliphatic carbocycles. The number of likely N-dealkylation sites (tertiary alicyclic amines) is 1. The minimum atomic E-state index is -0.287. The first-order chi connectivity index (χ1) is 11.1. The summed E-state index contributed by atoms with van der Waals surface area (Å²) in [5, 5.41) is 2.83. The smallest absolute Gasteiger partial charge is 0.309 e. The third-order valence-electron chi connectivity index (χ3n) is 3.98. The maximum atomic E-state index is 12.8. The summed E-state index contributed by atoms with van der Waals surface area (Å²) in [5.41, 5.74) is 0.862. The molecule has 6 heteroatoms. The van der Waals surface area contributed by atoms with E-state index in [4.69, 9.17) is 4.74 Å². The molecule has 23 heavy (non-hydrogen) atoms. The fraction of sp³-hybridized carbons (Fsp3) is 0.529. The number of hydrogen-bond donors (Lipinski definition) is 1. The van der Waals surface area contributed by atoms with Crippen LogP contribution < -0.4 is 5.32 Å². The number of hydrogen-bond acceptors (Lipinski definition) is 4. The zero-order valence-corrected chi connectivity index (χ0v) is 13.4. The van der Waals surface area contributed by atoms with Crippen LogP contribution in [0.5, 0.6) is 0 Å². The Kier molecular flexibility index (Phi) is 6.52. The lowest BCUT2D eigenvalue weighted by Gasteiger charge is -2.30. The zero-order valence-electron chi connectivity index (χ0n) is 13.4. The number of nitrogens with one attached hydrogen (secondary N) is 1. The summed E-state index contributed by atoms with van der Waals surface area (Å²) in [5.74, 6) is -0.533. The van der Waals surface area contributed by atoms with Gasteiger partial charge >= 0.3 is 5.97 Å². The maximum Gasteiger partial charge on any atom is 0.309 e. The molecule has 1 N–H and O–H groups in total. The summed E-state index contributed by atoms with van der Waals surface area (Å²) in [7, 11) is 0. The quantitative estimate of drug-likeness (QED) is 0.810. The Morgan fingerprint density at radius 1 is 1.26 bits per heavy atom. The average molecular weight is 322 g/mol. The third kappa shape index (κ3) is 5.63. The molecule has 126 valence electrons. The van der Waals surface area contributed by atoms with Gasteiger partial charge in [0.25, 0.3) is 0 Å². The summed E-state index contributed by atoms with van der Waals surface area (Å²) in [6.07, 6.45) is 1.45. The minimum absolute atomic E-state index is 0.0477. The number of carbonyl (C=O) groups is 2. The van der Waals surface area contributed by atoms with Gasteiger partial charge in [-0.15, -0.1) is 0 Å². The second-order valence-corrected chi connectivity index (χ2v) is 5.71.